The fourth-order valence-electron chi connectivity index (χ4n) is 14.2. The number of carbonyl (C=O) groups excluding carboxylic acids is 2. The number of thioether (sulfide) groups is 4. The molecular formula is C73H105Br3F5N13O13S5Si2. The Balaban J connectivity index is 0.000000191. The van der Waals surface area contributed by atoms with Crippen LogP contribution >= 0.6 is 94.8 Å². The minimum atomic E-state index is -4.67. The van der Waals surface area contributed by atoms with Crippen molar-refractivity contribution in [2.45, 2.75) is 199 Å². The van der Waals surface area contributed by atoms with E-state index in [9.17, 15) is 31.5 Å². The Kier molecular flexibility index (Phi) is 29.9. The molecule has 114 heavy (non-hydrogen) atoms. The predicted molar refractivity (Wildman–Crippen MR) is 457 cm³/mol. The zero-order valence-corrected chi connectivity index (χ0v) is 78.3. The fraction of sp³-hybridized carbons (Fsp3) is 0.644. The smallest absolute Gasteiger partial charge is 0.418 e. The molecule has 0 bridgehead atoms. The van der Waals surface area contributed by atoms with E-state index >= 15 is 0 Å². The number of nitrogens with two attached hydrogens (primary N) is 3. The summed E-state index contributed by atoms with van der Waals surface area (Å²) in [5.41, 5.74) is 16.2. The number of rotatable bonds is 21. The summed E-state index contributed by atoms with van der Waals surface area (Å²) in [7, 11) is -2.63. The second kappa shape index (κ2) is 35.9. The van der Waals surface area contributed by atoms with Gasteiger partial charge in [0.2, 0.25) is 23.6 Å². The number of halogens is 8. The number of amides is 2. The van der Waals surface area contributed by atoms with Gasteiger partial charge in [0, 0.05) is 107 Å². The number of aliphatic imine (C=N–C) groups is 4. The van der Waals surface area contributed by atoms with Crippen LogP contribution in [0.4, 0.5) is 37.2 Å². The minimum absolute atomic E-state index is 0.0117. The SMILES string of the molecule is CC(C)(C)OC(=O)N(COCC[Si](C)(C)C)C1=N[C@](C)(c2cc(Br)cnc2F)[C@@H]2C[C@]2(CF)S1.COc1ncc(Br)cc1[C@@]1(C)N=C(N(COCC[Si](C)(C)C)C(=O)OC(C)(C)C)S[C@@]2(CF)C[C@H]21.COc1ncc(Br)cc1[C@@]1(C)N=C(N)S[C@@]2(CF)C[C@H]21.COc1ncc(N)cc1[C@@]1(C)N=C(N)S[C@@]2(CF)C[C@H]21.O=S(=O)(O)O. The van der Waals surface area contributed by atoms with Crippen molar-refractivity contribution in [2.75, 3.05) is 80.4 Å². The lowest BCUT2D eigenvalue weighted by atomic mass is 9.86. The molecule has 0 saturated heterocycles. The summed E-state index contributed by atoms with van der Waals surface area (Å²) in [5, 5.41) is 1.50. The lowest BCUT2D eigenvalue weighted by molar-refractivity contribution is 0.00979. The van der Waals surface area contributed by atoms with Gasteiger partial charge in [-0.1, -0.05) is 86.3 Å². The Labute approximate surface area is 708 Å². The molecule has 8 N–H and O–H groups in total. The third-order valence-electron chi connectivity index (χ3n) is 20.5. The Morgan fingerprint density at radius 3 is 1.12 bits per heavy atom. The van der Waals surface area contributed by atoms with Gasteiger partial charge in [-0.3, -0.25) is 29.1 Å². The highest BCUT2D eigenvalue weighted by Crippen LogP contribution is 2.70. The first kappa shape index (κ1) is 94.8. The van der Waals surface area contributed by atoms with Crippen LogP contribution in [0.3, 0.4) is 0 Å². The molecule has 0 spiro atoms. The van der Waals surface area contributed by atoms with Crippen molar-refractivity contribution in [1.29, 1.82) is 0 Å². The maximum atomic E-state index is 14.9. The van der Waals surface area contributed by atoms with Crippen molar-refractivity contribution in [1.82, 2.24) is 29.7 Å². The van der Waals surface area contributed by atoms with E-state index in [1.165, 1.54) is 69.2 Å². The van der Waals surface area contributed by atoms with Gasteiger partial charge >= 0.3 is 22.6 Å². The number of ether oxygens (including phenoxy) is 7. The van der Waals surface area contributed by atoms with Crippen molar-refractivity contribution in [2.24, 2.45) is 55.1 Å². The van der Waals surface area contributed by atoms with E-state index in [4.69, 9.17) is 77.9 Å². The van der Waals surface area contributed by atoms with Gasteiger partial charge in [-0.15, -0.1) is 0 Å². The van der Waals surface area contributed by atoms with Crippen LogP contribution in [0, 0.1) is 29.6 Å². The minimum Gasteiger partial charge on any atom is -0.481 e. The number of methoxy groups -OCH3 is 3. The second-order valence-electron chi connectivity index (χ2n) is 34.2. The van der Waals surface area contributed by atoms with Gasteiger partial charge in [-0.25, -0.2) is 56.9 Å². The molecule has 0 radical (unpaired) electrons. The highest BCUT2D eigenvalue weighted by Gasteiger charge is 2.71. The summed E-state index contributed by atoms with van der Waals surface area (Å²) in [5.74, 6) is 0.654. The fourth-order valence-corrected chi connectivity index (χ4v) is 22.3. The Bertz CT molecular complexity index is 4340. The molecule has 12 rings (SSSR count). The number of amidine groups is 4. The van der Waals surface area contributed by atoms with E-state index in [1.807, 2.05) is 53.7 Å². The Morgan fingerprint density at radius 2 is 0.807 bits per heavy atom. The van der Waals surface area contributed by atoms with Crippen LogP contribution in [-0.2, 0) is 51.5 Å². The molecule has 8 heterocycles. The molecule has 4 aliphatic carbocycles. The number of nitrogens with zero attached hydrogens (tertiary/aromatic N) is 10. The summed E-state index contributed by atoms with van der Waals surface area (Å²) >= 11 is 15.5. The first-order chi connectivity index (χ1) is 52.6. The summed E-state index contributed by atoms with van der Waals surface area (Å²) < 4.78 is 141. The topological polar surface area (TPSA) is 359 Å². The maximum Gasteiger partial charge on any atom is 0.418 e. The summed E-state index contributed by atoms with van der Waals surface area (Å²) in [6, 6.07) is 9.15. The van der Waals surface area contributed by atoms with Gasteiger partial charge in [-0.05, 0) is 179 Å². The summed E-state index contributed by atoms with van der Waals surface area (Å²) in [6.45, 7) is 31.0. The van der Waals surface area contributed by atoms with Gasteiger partial charge in [0.05, 0.1) is 74.4 Å². The maximum absolute atomic E-state index is 14.9. The molecule has 4 aromatic rings. The lowest BCUT2D eigenvalue weighted by Gasteiger charge is -2.37. The molecule has 0 unspecified atom stereocenters. The van der Waals surface area contributed by atoms with Crippen molar-refractivity contribution in [3.05, 3.63) is 90.7 Å². The molecule has 634 valence electrons. The molecule has 26 nitrogen and oxygen atoms in total. The molecule has 4 saturated carbocycles. The van der Waals surface area contributed by atoms with Crippen LogP contribution in [0.1, 0.15) is 117 Å². The standard InChI is InChI=1S/C24H37BrFN3O4SSi.C23H34BrF2N3O3SSi.C13H15BrFN3OS.C13H17FN4OS.H2O4S/c1-22(2,3)33-21(30)29(15-32-9-10-35(6,7)8)20-28-23(4,18-12-24(18,14-26)34-20)17-11-16(25)13-27-19(17)31-5;1-21(2,3)32-20(30)29(14-31-8-9-34(5,6)7)19-28-22(4,17-11-23(17,13-25)33-19)16-10-15(24)12-27-18(16)26;1-12(8-3-7(14)5-17-10(8)19-2)9-4-13(9,6-15)20-11(16)18-12;1-12(8-3-7(15)5-17-10(8)19-2)9-4-13(9,6-14)20-11(16)18-12;1-5(2,3)4/h11,13,18H,9-10,12,14-15H2,1-8H3;10,12,17H,8-9,11,13-14H2,1-7H3;3,5,9H,4,6H2,1-2H3,(H2,16,18);3,5,9H,4,6,15H2,1-2H3,(H2,16,18);(H2,1,2,3,4)/t18-,23+,24+;17-,22+,23+;2*9-,12+,13+;/m0000./s1. The quantitative estimate of drug-likeness (QED) is 0.0129. The number of hydrogen-bond donors (Lipinski definition) is 5. The normalized spacial score (nSPS) is 28.7. The Hall–Kier alpha value is -4.67. The predicted octanol–water partition coefficient (Wildman–Crippen LogP) is 16.9. The van der Waals surface area contributed by atoms with E-state index in [0.717, 1.165) is 50.6 Å². The van der Waals surface area contributed by atoms with Crippen LogP contribution in [0.2, 0.25) is 51.4 Å². The van der Waals surface area contributed by atoms with Crippen LogP contribution in [0.25, 0.3) is 0 Å². The lowest BCUT2D eigenvalue weighted by Crippen LogP contribution is -2.46. The summed E-state index contributed by atoms with van der Waals surface area (Å²) in [6.07, 6.45) is 7.70. The van der Waals surface area contributed by atoms with Gasteiger partial charge in [0.15, 0.2) is 20.7 Å². The third kappa shape index (κ3) is 22.7. The van der Waals surface area contributed by atoms with Crippen molar-refractivity contribution in [3.8, 4) is 17.6 Å². The molecule has 4 aromatic heterocycles. The average molecular weight is 1920 g/mol. The molecule has 4 fully saturated rings. The highest BCUT2D eigenvalue weighted by molar-refractivity contribution is 9.11. The van der Waals surface area contributed by atoms with Gasteiger partial charge in [-0.2, -0.15) is 12.8 Å². The summed E-state index contributed by atoms with van der Waals surface area (Å²) in [4.78, 5) is 64.9. The number of alkyl halides is 4. The molecule has 12 atom stereocenters. The number of carbonyl (C=O) groups is 2. The van der Waals surface area contributed by atoms with E-state index < -0.39 is 124 Å². The molecule has 2 amide bonds. The van der Waals surface area contributed by atoms with Crippen LogP contribution in [-0.4, -0.2) is 201 Å². The molecule has 41 heteroatoms. The largest absolute Gasteiger partial charge is 0.481 e. The van der Waals surface area contributed by atoms with E-state index in [0.29, 0.717) is 69.4 Å². The number of aromatic nitrogens is 4. The number of nitrogen functional groups attached to an aromatic ring is 1. The zero-order valence-electron chi connectivity index (χ0n) is 67.5. The van der Waals surface area contributed by atoms with E-state index in [-0.39, 0.29) is 47.9 Å². The zero-order chi connectivity index (χ0) is 85.3. The third-order valence-corrected chi connectivity index (χ3v) is 30.6. The van der Waals surface area contributed by atoms with Crippen molar-refractivity contribution >= 4 is 160 Å². The molecule has 8 aliphatic rings. The molecule has 4 aliphatic heterocycles. The van der Waals surface area contributed by atoms with Gasteiger partial charge in [0.1, 0.15) is 51.4 Å². The van der Waals surface area contributed by atoms with Crippen molar-refractivity contribution in [3.63, 3.8) is 0 Å². The Morgan fingerprint density at radius 1 is 0.518 bits per heavy atom. The van der Waals surface area contributed by atoms with Crippen LogP contribution in [0.5, 0.6) is 17.6 Å². The monoisotopic (exact) mass is 1920 g/mol. The molecular weight excluding hydrogens is 1820 g/mol. The number of pyridine rings is 4. The first-order valence-corrected chi connectivity index (χ1v) is 50.9. The first-order valence-electron chi connectivity index (χ1n) is 36.4. The van der Waals surface area contributed by atoms with Crippen molar-refractivity contribution < 1.29 is 82.2 Å². The second-order valence-corrected chi connectivity index (χ2v) is 54.7. The highest BCUT2D eigenvalue weighted by atomic mass is 79.9. The van der Waals surface area contributed by atoms with E-state index in [1.54, 1.807) is 73.6 Å². The van der Waals surface area contributed by atoms with Crippen LogP contribution in [0.15, 0.2) is 82.4 Å². The molecule has 0 aromatic carbocycles. The average Bonchev–Trinajstić information content (AvgIpc) is 1.56. The number of fused-ring (bicyclic) bond motifs is 4. The number of hydrogen-bond acceptors (Lipinski definition) is 26. The van der Waals surface area contributed by atoms with Crippen LogP contribution < -0.4 is 31.4 Å². The number of anilines is 1. The van der Waals surface area contributed by atoms with Gasteiger partial charge in [0.25, 0.3) is 0 Å². The van der Waals surface area contributed by atoms with E-state index in [2.05, 4.69) is 117 Å². The van der Waals surface area contributed by atoms with Gasteiger partial charge < -0.3 is 50.4 Å².